The fourth-order valence-electron chi connectivity index (χ4n) is 3.81. The van der Waals surface area contributed by atoms with Gasteiger partial charge in [-0.3, -0.25) is 14.5 Å². The van der Waals surface area contributed by atoms with E-state index in [1.54, 1.807) is 17.0 Å². The molecule has 1 aromatic carbocycles. The van der Waals surface area contributed by atoms with Gasteiger partial charge in [0.05, 0.1) is 34.2 Å². The highest BCUT2D eigenvalue weighted by Gasteiger charge is 2.35. The van der Waals surface area contributed by atoms with Crippen molar-refractivity contribution in [2.24, 2.45) is 0 Å². The van der Waals surface area contributed by atoms with Gasteiger partial charge in [0, 0.05) is 45.3 Å². The summed E-state index contributed by atoms with van der Waals surface area (Å²) >= 11 is 12.3. The first kappa shape index (κ1) is 22.4. The quantitative estimate of drug-likeness (QED) is 0.590. The third-order valence-electron chi connectivity index (χ3n) is 5.70. The molecule has 2 aliphatic heterocycles. The molecule has 0 bridgehead atoms. The van der Waals surface area contributed by atoms with Gasteiger partial charge in [-0.15, -0.1) is 0 Å². The maximum absolute atomic E-state index is 12.8. The standard InChI is InChI=1S/C21H24Cl2N6O3/c1-2-19(30)29-12-14(13-29)27-4-6-28(7-5-27)20(31)11-25-17-9-15(22)16(23)10-18(17)26-21-24-3-8-32-21/h2-3,8-10,14,25H,1,4-7,11-13H2,(H,24,26). The van der Waals surface area contributed by atoms with Crippen LogP contribution >= 0.6 is 23.2 Å². The number of nitrogens with zero attached hydrogens (tertiary/aromatic N) is 4. The lowest BCUT2D eigenvalue weighted by atomic mass is 10.1. The highest BCUT2D eigenvalue weighted by Crippen LogP contribution is 2.34. The maximum Gasteiger partial charge on any atom is 0.299 e. The number of halogens is 2. The number of piperazine rings is 1. The van der Waals surface area contributed by atoms with Gasteiger partial charge >= 0.3 is 0 Å². The smallest absolute Gasteiger partial charge is 0.299 e. The predicted octanol–water partition coefficient (Wildman–Crippen LogP) is 2.68. The summed E-state index contributed by atoms with van der Waals surface area (Å²) in [6.45, 7) is 7.95. The number of oxazole rings is 1. The molecule has 0 atom stereocenters. The van der Waals surface area contributed by atoms with Gasteiger partial charge in [0.2, 0.25) is 11.8 Å². The van der Waals surface area contributed by atoms with Crippen LogP contribution in [0.1, 0.15) is 0 Å². The third kappa shape index (κ3) is 5.01. The van der Waals surface area contributed by atoms with Crippen molar-refractivity contribution in [3.05, 3.63) is 47.3 Å². The van der Waals surface area contributed by atoms with Crippen molar-refractivity contribution in [3.63, 3.8) is 0 Å². The zero-order valence-electron chi connectivity index (χ0n) is 17.4. The number of rotatable bonds is 7. The fraction of sp³-hybridized carbons (Fsp3) is 0.381. The van der Waals surface area contributed by atoms with Gasteiger partial charge in [-0.05, 0) is 18.2 Å². The molecule has 2 N–H and O–H groups in total. The van der Waals surface area contributed by atoms with Crippen LogP contribution in [-0.2, 0) is 9.59 Å². The summed E-state index contributed by atoms with van der Waals surface area (Å²) in [5, 5.41) is 6.91. The topological polar surface area (TPSA) is 94.0 Å². The van der Waals surface area contributed by atoms with Gasteiger partial charge in [-0.1, -0.05) is 29.8 Å². The summed E-state index contributed by atoms with van der Waals surface area (Å²) in [4.78, 5) is 34.4. The second kappa shape index (κ2) is 9.81. The molecule has 32 heavy (non-hydrogen) atoms. The van der Waals surface area contributed by atoms with Gasteiger partial charge in [0.15, 0.2) is 0 Å². The molecule has 2 saturated heterocycles. The van der Waals surface area contributed by atoms with Crippen molar-refractivity contribution in [3.8, 4) is 0 Å². The summed E-state index contributed by atoms with van der Waals surface area (Å²) in [7, 11) is 0. The molecule has 9 nitrogen and oxygen atoms in total. The number of amides is 2. The second-order valence-corrected chi connectivity index (χ2v) is 8.46. The molecule has 0 aliphatic carbocycles. The van der Waals surface area contributed by atoms with Crippen molar-refractivity contribution < 1.29 is 14.0 Å². The highest BCUT2D eigenvalue weighted by molar-refractivity contribution is 6.42. The molecular weight excluding hydrogens is 455 g/mol. The van der Waals surface area contributed by atoms with Crippen molar-refractivity contribution >= 4 is 52.4 Å². The molecule has 0 unspecified atom stereocenters. The molecule has 0 radical (unpaired) electrons. The zero-order valence-corrected chi connectivity index (χ0v) is 18.9. The van der Waals surface area contributed by atoms with E-state index in [0.29, 0.717) is 46.6 Å². The molecule has 170 valence electrons. The molecule has 11 heteroatoms. The van der Waals surface area contributed by atoms with Gasteiger partial charge in [-0.2, -0.15) is 0 Å². The molecule has 2 amide bonds. The average molecular weight is 479 g/mol. The van der Waals surface area contributed by atoms with E-state index in [2.05, 4.69) is 27.1 Å². The largest absolute Gasteiger partial charge is 0.432 e. The number of nitrogens with one attached hydrogen (secondary N) is 2. The van der Waals surface area contributed by atoms with Crippen LogP contribution in [0.3, 0.4) is 0 Å². The van der Waals surface area contributed by atoms with Crippen LogP contribution in [0.25, 0.3) is 0 Å². The van der Waals surface area contributed by atoms with Crippen LogP contribution in [0.15, 0.2) is 41.7 Å². The monoisotopic (exact) mass is 478 g/mol. The number of benzene rings is 1. The Balaban J connectivity index is 1.29. The van der Waals surface area contributed by atoms with Crippen LogP contribution in [0, 0.1) is 0 Å². The number of carbonyl (C=O) groups is 2. The first-order valence-corrected chi connectivity index (χ1v) is 11.0. The molecule has 2 aliphatic rings. The van der Waals surface area contributed by atoms with Gasteiger partial charge in [0.25, 0.3) is 6.01 Å². The van der Waals surface area contributed by atoms with Crippen molar-refractivity contribution in [1.29, 1.82) is 0 Å². The number of carbonyl (C=O) groups excluding carboxylic acids is 2. The van der Waals surface area contributed by atoms with Crippen molar-refractivity contribution in [2.75, 3.05) is 56.4 Å². The van der Waals surface area contributed by atoms with Crippen LogP contribution in [0.5, 0.6) is 0 Å². The van der Waals surface area contributed by atoms with E-state index < -0.39 is 0 Å². The van der Waals surface area contributed by atoms with E-state index in [4.69, 9.17) is 27.6 Å². The average Bonchev–Trinajstić information content (AvgIpc) is 3.27. The maximum atomic E-state index is 12.8. The normalized spacial score (nSPS) is 17.1. The van der Waals surface area contributed by atoms with Gasteiger partial charge in [0.1, 0.15) is 6.26 Å². The molecule has 2 aromatic rings. The summed E-state index contributed by atoms with van der Waals surface area (Å²) in [5.74, 6) is -0.0324. The summed E-state index contributed by atoms with van der Waals surface area (Å²) < 4.78 is 5.22. The lowest BCUT2D eigenvalue weighted by Crippen LogP contribution is -2.64. The Labute approximate surface area is 195 Å². The molecule has 0 spiro atoms. The van der Waals surface area contributed by atoms with E-state index in [-0.39, 0.29) is 18.4 Å². The number of likely N-dealkylation sites (tertiary alicyclic amines) is 1. The van der Waals surface area contributed by atoms with Crippen molar-refractivity contribution in [1.82, 2.24) is 19.7 Å². The molecular formula is C21H24Cl2N6O3. The number of hydrogen-bond donors (Lipinski definition) is 2. The summed E-state index contributed by atoms with van der Waals surface area (Å²) in [6.07, 6.45) is 4.32. The highest BCUT2D eigenvalue weighted by atomic mass is 35.5. The molecule has 3 heterocycles. The summed E-state index contributed by atoms with van der Waals surface area (Å²) in [6, 6.07) is 3.97. The van der Waals surface area contributed by atoms with E-state index >= 15 is 0 Å². The number of anilines is 3. The first-order chi connectivity index (χ1) is 15.4. The second-order valence-electron chi connectivity index (χ2n) is 7.65. The minimum atomic E-state index is -0.0277. The SMILES string of the molecule is C=CC(=O)N1CC(N2CCN(C(=O)CNc3cc(Cl)c(Cl)cc3Nc3ncco3)CC2)C1. The molecule has 0 saturated carbocycles. The molecule has 4 rings (SSSR count). The Hall–Kier alpha value is -2.75. The van der Waals surface area contributed by atoms with Gasteiger partial charge < -0.3 is 24.9 Å². The van der Waals surface area contributed by atoms with E-state index in [1.807, 2.05) is 4.90 Å². The Bertz CT molecular complexity index is 986. The molecule has 2 fully saturated rings. The fourth-order valence-corrected chi connectivity index (χ4v) is 4.14. The summed E-state index contributed by atoms with van der Waals surface area (Å²) in [5.41, 5.74) is 1.22. The lowest BCUT2D eigenvalue weighted by Gasteiger charge is -2.47. The van der Waals surface area contributed by atoms with Crippen LogP contribution < -0.4 is 10.6 Å². The van der Waals surface area contributed by atoms with Crippen LogP contribution in [0.4, 0.5) is 17.4 Å². The van der Waals surface area contributed by atoms with E-state index in [9.17, 15) is 9.59 Å². The van der Waals surface area contributed by atoms with E-state index in [1.165, 1.54) is 18.5 Å². The Morgan fingerprint density at radius 1 is 1.12 bits per heavy atom. The number of aromatic nitrogens is 1. The lowest BCUT2D eigenvalue weighted by molar-refractivity contribution is -0.135. The Morgan fingerprint density at radius 2 is 1.81 bits per heavy atom. The third-order valence-corrected chi connectivity index (χ3v) is 6.42. The van der Waals surface area contributed by atoms with Crippen LogP contribution in [0.2, 0.25) is 10.0 Å². The minimum absolute atomic E-state index is 0.00475. The predicted molar refractivity (Wildman–Crippen MR) is 123 cm³/mol. The first-order valence-electron chi connectivity index (χ1n) is 10.3. The van der Waals surface area contributed by atoms with E-state index in [0.717, 1.165) is 26.2 Å². The van der Waals surface area contributed by atoms with Crippen LogP contribution in [-0.4, -0.2) is 83.4 Å². The number of hydrogen-bond acceptors (Lipinski definition) is 7. The minimum Gasteiger partial charge on any atom is -0.432 e. The zero-order chi connectivity index (χ0) is 22.7. The van der Waals surface area contributed by atoms with Crippen molar-refractivity contribution in [2.45, 2.75) is 6.04 Å². The molecule has 1 aromatic heterocycles. The Morgan fingerprint density at radius 3 is 2.44 bits per heavy atom. The van der Waals surface area contributed by atoms with Gasteiger partial charge in [-0.25, -0.2) is 4.98 Å². The Kier molecular flexibility index (Phi) is 6.88.